The number of carbonyl (C=O) groups excluding carboxylic acids is 1. The van der Waals surface area contributed by atoms with Crippen molar-refractivity contribution in [2.24, 2.45) is 0 Å². The first kappa shape index (κ1) is 15.8. The highest BCUT2D eigenvalue weighted by molar-refractivity contribution is 6.10. The van der Waals surface area contributed by atoms with Crippen LogP contribution in [0.4, 0.5) is 5.69 Å². The lowest BCUT2D eigenvalue weighted by Gasteiger charge is -2.11. The summed E-state index contributed by atoms with van der Waals surface area (Å²) in [5, 5.41) is 13.1. The Morgan fingerprint density at radius 1 is 0.846 bits per heavy atom. The summed E-state index contributed by atoms with van der Waals surface area (Å²) in [5.41, 5.74) is 3.40. The van der Waals surface area contributed by atoms with Gasteiger partial charge in [0.2, 0.25) is 0 Å². The van der Waals surface area contributed by atoms with Crippen molar-refractivity contribution in [1.29, 1.82) is 0 Å². The van der Waals surface area contributed by atoms with Gasteiger partial charge in [-0.3, -0.25) is 4.79 Å². The van der Waals surface area contributed by atoms with Crippen LogP contribution in [0.5, 0.6) is 5.75 Å². The first-order valence-electron chi connectivity index (χ1n) is 8.12. The molecule has 0 aliphatic rings. The number of amides is 1. The van der Waals surface area contributed by atoms with E-state index in [-0.39, 0.29) is 11.7 Å². The first-order chi connectivity index (χ1) is 12.7. The molecule has 0 atom stereocenters. The Bertz CT molecular complexity index is 1090. The summed E-state index contributed by atoms with van der Waals surface area (Å²) in [6.07, 6.45) is 1.51. The van der Waals surface area contributed by atoms with E-state index in [4.69, 9.17) is 0 Å². The smallest absolute Gasteiger partial charge is 0.256 e. The minimum atomic E-state index is -0.242. The molecular formula is C21H15N3O2. The Labute approximate surface area is 150 Å². The second kappa shape index (κ2) is 6.64. The first-order valence-corrected chi connectivity index (χ1v) is 8.12. The highest BCUT2D eigenvalue weighted by Crippen LogP contribution is 2.28. The lowest BCUT2D eigenvalue weighted by Crippen LogP contribution is -2.13. The van der Waals surface area contributed by atoms with E-state index in [0.29, 0.717) is 16.9 Å². The van der Waals surface area contributed by atoms with Crippen LogP contribution >= 0.6 is 0 Å². The molecule has 0 spiro atoms. The fourth-order valence-corrected chi connectivity index (χ4v) is 2.85. The van der Waals surface area contributed by atoms with Crippen molar-refractivity contribution in [1.82, 2.24) is 9.97 Å². The molecule has 0 saturated carbocycles. The van der Waals surface area contributed by atoms with Crippen molar-refractivity contribution < 1.29 is 9.90 Å². The number of phenolic OH excluding ortho intramolecular Hbond substituents is 1. The van der Waals surface area contributed by atoms with Gasteiger partial charge < -0.3 is 10.4 Å². The van der Waals surface area contributed by atoms with Crippen LogP contribution in [0, 0.1) is 0 Å². The van der Waals surface area contributed by atoms with Crippen LogP contribution in [-0.2, 0) is 0 Å². The second-order valence-corrected chi connectivity index (χ2v) is 5.79. The molecule has 26 heavy (non-hydrogen) atoms. The van der Waals surface area contributed by atoms with Crippen LogP contribution in [0.25, 0.3) is 22.2 Å². The normalized spacial score (nSPS) is 10.6. The van der Waals surface area contributed by atoms with E-state index >= 15 is 0 Å². The third kappa shape index (κ3) is 2.98. The van der Waals surface area contributed by atoms with Crippen LogP contribution in [0.15, 0.2) is 79.1 Å². The minimum absolute atomic E-state index is 0.149. The van der Waals surface area contributed by atoms with E-state index in [1.807, 2.05) is 42.5 Å². The van der Waals surface area contributed by atoms with E-state index in [2.05, 4.69) is 15.3 Å². The molecule has 0 radical (unpaired) electrons. The van der Waals surface area contributed by atoms with Crippen LogP contribution in [0.1, 0.15) is 10.4 Å². The van der Waals surface area contributed by atoms with E-state index in [1.165, 1.54) is 18.5 Å². The number of aromatic hydroxyl groups is 1. The van der Waals surface area contributed by atoms with Crippen molar-refractivity contribution in [2.75, 3.05) is 5.32 Å². The summed E-state index contributed by atoms with van der Waals surface area (Å²) >= 11 is 0. The number of nitrogens with one attached hydrogen (secondary N) is 1. The maximum absolute atomic E-state index is 12.8. The molecule has 1 aromatic heterocycles. The standard InChI is InChI=1S/C21H15N3O2/c25-15-11-9-14(10-12-15)24-21(26)17-6-2-1-5-16(17)20-18-7-3-4-8-19(18)22-13-23-20/h1-13,25H,(H,24,26). The fourth-order valence-electron chi connectivity index (χ4n) is 2.85. The topological polar surface area (TPSA) is 75.1 Å². The molecule has 0 aliphatic carbocycles. The lowest BCUT2D eigenvalue weighted by molar-refractivity contribution is 0.102. The highest BCUT2D eigenvalue weighted by Gasteiger charge is 2.15. The van der Waals surface area contributed by atoms with Crippen LogP contribution in [0.3, 0.4) is 0 Å². The number of anilines is 1. The number of aromatic nitrogens is 2. The SMILES string of the molecule is O=C(Nc1ccc(O)cc1)c1ccccc1-c1ncnc2ccccc12. The van der Waals surface area contributed by atoms with Gasteiger partial charge in [0.25, 0.3) is 5.91 Å². The molecule has 3 aromatic carbocycles. The molecule has 0 aliphatic heterocycles. The molecule has 2 N–H and O–H groups in total. The monoisotopic (exact) mass is 341 g/mol. The van der Waals surface area contributed by atoms with Gasteiger partial charge in [-0.2, -0.15) is 0 Å². The number of benzene rings is 3. The molecule has 5 heteroatoms. The van der Waals surface area contributed by atoms with Gasteiger partial charge in [-0.25, -0.2) is 9.97 Å². The van der Waals surface area contributed by atoms with Crippen molar-refractivity contribution in [2.45, 2.75) is 0 Å². The molecule has 0 fully saturated rings. The highest BCUT2D eigenvalue weighted by atomic mass is 16.3. The number of hydrogen-bond acceptors (Lipinski definition) is 4. The Kier molecular flexibility index (Phi) is 4.03. The minimum Gasteiger partial charge on any atom is -0.508 e. The quantitative estimate of drug-likeness (QED) is 0.546. The van der Waals surface area contributed by atoms with Crippen LogP contribution in [-0.4, -0.2) is 21.0 Å². The van der Waals surface area contributed by atoms with Gasteiger partial charge in [0.05, 0.1) is 11.2 Å². The summed E-state index contributed by atoms with van der Waals surface area (Å²) in [6.45, 7) is 0. The lowest BCUT2D eigenvalue weighted by atomic mass is 10.0. The number of nitrogens with zero attached hydrogens (tertiary/aromatic N) is 2. The average molecular weight is 341 g/mol. The maximum atomic E-state index is 12.8. The van der Waals surface area contributed by atoms with Crippen molar-refractivity contribution in [3.8, 4) is 17.0 Å². The largest absolute Gasteiger partial charge is 0.508 e. The zero-order chi connectivity index (χ0) is 17.9. The molecular weight excluding hydrogens is 326 g/mol. The van der Waals surface area contributed by atoms with Gasteiger partial charge >= 0.3 is 0 Å². The number of phenols is 1. The third-order valence-corrected chi connectivity index (χ3v) is 4.09. The van der Waals surface area contributed by atoms with E-state index < -0.39 is 0 Å². The molecule has 4 rings (SSSR count). The van der Waals surface area contributed by atoms with Gasteiger partial charge in [0.1, 0.15) is 12.1 Å². The van der Waals surface area contributed by atoms with E-state index in [9.17, 15) is 9.90 Å². The zero-order valence-corrected chi connectivity index (χ0v) is 13.8. The molecule has 126 valence electrons. The number of rotatable bonds is 3. The van der Waals surface area contributed by atoms with Gasteiger partial charge in [-0.15, -0.1) is 0 Å². The molecule has 1 heterocycles. The van der Waals surface area contributed by atoms with E-state index in [0.717, 1.165) is 16.5 Å². The molecule has 0 unspecified atom stereocenters. The maximum Gasteiger partial charge on any atom is 0.256 e. The van der Waals surface area contributed by atoms with Crippen molar-refractivity contribution in [3.63, 3.8) is 0 Å². The number of carbonyl (C=O) groups is 1. The summed E-state index contributed by atoms with van der Waals surface area (Å²) in [6, 6.07) is 21.4. The van der Waals surface area contributed by atoms with Crippen LogP contribution < -0.4 is 5.32 Å². The summed E-state index contributed by atoms with van der Waals surface area (Å²) in [4.78, 5) is 21.5. The number of fused-ring (bicyclic) bond motifs is 1. The Morgan fingerprint density at radius 2 is 1.58 bits per heavy atom. The fraction of sp³-hybridized carbons (Fsp3) is 0. The van der Waals surface area contributed by atoms with Crippen LogP contribution in [0.2, 0.25) is 0 Å². The van der Waals surface area contributed by atoms with Gasteiger partial charge in [-0.1, -0.05) is 36.4 Å². The van der Waals surface area contributed by atoms with Crippen molar-refractivity contribution >= 4 is 22.5 Å². The predicted octanol–water partition coefficient (Wildman–Crippen LogP) is 4.25. The van der Waals surface area contributed by atoms with Gasteiger partial charge in [0, 0.05) is 22.2 Å². The molecule has 4 aromatic rings. The molecule has 0 bridgehead atoms. The zero-order valence-electron chi connectivity index (χ0n) is 13.8. The Morgan fingerprint density at radius 3 is 2.42 bits per heavy atom. The summed E-state index contributed by atoms with van der Waals surface area (Å²) in [7, 11) is 0. The number of hydrogen-bond donors (Lipinski definition) is 2. The van der Waals surface area contributed by atoms with Gasteiger partial charge in [0.15, 0.2) is 0 Å². The van der Waals surface area contributed by atoms with Crippen molar-refractivity contribution in [3.05, 3.63) is 84.7 Å². The molecule has 0 saturated heterocycles. The molecule has 5 nitrogen and oxygen atoms in total. The predicted molar refractivity (Wildman–Crippen MR) is 101 cm³/mol. The average Bonchev–Trinajstić information content (AvgIpc) is 2.69. The third-order valence-electron chi connectivity index (χ3n) is 4.09. The Balaban J connectivity index is 1.77. The Hall–Kier alpha value is -3.73. The number of para-hydroxylation sites is 1. The van der Waals surface area contributed by atoms with E-state index in [1.54, 1.807) is 18.2 Å². The summed E-state index contributed by atoms with van der Waals surface area (Å²) < 4.78 is 0. The summed E-state index contributed by atoms with van der Waals surface area (Å²) in [5.74, 6) is -0.0927. The second-order valence-electron chi connectivity index (χ2n) is 5.79. The molecule has 1 amide bonds. The van der Waals surface area contributed by atoms with Gasteiger partial charge in [-0.05, 0) is 36.4 Å².